The van der Waals surface area contributed by atoms with Crippen LogP contribution in [0, 0.1) is 0 Å². The molecule has 0 unspecified atom stereocenters. The van der Waals surface area contributed by atoms with E-state index < -0.39 is 5.63 Å². The minimum Gasteiger partial charge on any atom is -0.422 e. The van der Waals surface area contributed by atoms with Crippen molar-refractivity contribution >= 4 is 28.1 Å². The number of nitrogens with zero attached hydrogens (tertiary/aromatic N) is 1. The zero-order valence-corrected chi connectivity index (χ0v) is 16.9. The van der Waals surface area contributed by atoms with Gasteiger partial charge in [-0.05, 0) is 17.7 Å². The van der Waals surface area contributed by atoms with Crippen molar-refractivity contribution < 1.29 is 9.21 Å². The summed E-state index contributed by atoms with van der Waals surface area (Å²) in [6.45, 7) is 0.476. The molecule has 0 amide bonds. The normalized spacial score (nSPS) is 10.7. The molecule has 5 heteroatoms. The minimum atomic E-state index is -0.650. The van der Waals surface area contributed by atoms with Crippen molar-refractivity contribution in [1.82, 2.24) is 0 Å². The van der Waals surface area contributed by atoms with E-state index in [1.807, 2.05) is 67.5 Å². The molecular formula is C25H22N2O3. The number of hydrogen-bond donors (Lipinski definition) is 1. The van der Waals surface area contributed by atoms with Crippen LogP contribution >= 0.6 is 0 Å². The molecule has 0 saturated heterocycles. The highest BCUT2D eigenvalue weighted by molar-refractivity contribution is 6.15. The SMILES string of the molecule is CN(C)c1ccc2c(NCc3ccccc3)c(C(=O)c3ccccc3)c(=O)oc2c1. The van der Waals surface area contributed by atoms with Crippen LogP contribution in [0.4, 0.5) is 11.4 Å². The average molecular weight is 398 g/mol. The Labute approximate surface area is 174 Å². The molecule has 0 fully saturated rings. The third-order valence-corrected chi connectivity index (χ3v) is 4.98. The van der Waals surface area contributed by atoms with Crippen LogP contribution in [0.15, 0.2) is 88.1 Å². The molecule has 0 atom stereocenters. The molecule has 0 aliphatic rings. The fourth-order valence-electron chi connectivity index (χ4n) is 3.38. The Bertz CT molecular complexity index is 1250. The summed E-state index contributed by atoms with van der Waals surface area (Å²) in [5.74, 6) is -0.363. The molecule has 0 aliphatic heterocycles. The quantitative estimate of drug-likeness (QED) is 0.377. The first-order valence-corrected chi connectivity index (χ1v) is 9.70. The molecule has 4 rings (SSSR count). The molecule has 0 aliphatic carbocycles. The Morgan fingerprint density at radius 3 is 2.27 bits per heavy atom. The molecule has 4 aromatic rings. The van der Waals surface area contributed by atoms with Gasteiger partial charge >= 0.3 is 5.63 Å². The van der Waals surface area contributed by atoms with E-state index in [9.17, 15) is 9.59 Å². The van der Waals surface area contributed by atoms with Gasteiger partial charge in [0.1, 0.15) is 11.1 Å². The Morgan fingerprint density at radius 1 is 0.933 bits per heavy atom. The maximum absolute atomic E-state index is 13.2. The van der Waals surface area contributed by atoms with Gasteiger partial charge in [-0.1, -0.05) is 60.7 Å². The first-order chi connectivity index (χ1) is 14.5. The highest BCUT2D eigenvalue weighted by Crippen LogP contribution is 2.30. The lowest BCUT2D eigenvalue weighted by atomic mass is 10.0. The predicted molar refractivity (Wildman–Crippen MR) is 120 cm³/mol. The second-order valence-electron chi connectivity index (χ2n) is 7.25. The molecule has 0 bridgehead atoms. The third kappa shape index (κ3) is 3.82. The van der Waals surface area contributed by atoms with Crippen molar-refractivity contribution in [3.8, 4) is 0 Å². The van der Waals surface area contributed by atoms with Gasteiger partial charge in [-0.3, -0.25) is 4.79 Å². The number of rotatable bonds is 6. The van der Waals surface area contributed by atoms with Gasteiger partial charge in [0.25, 0.3) is 0 Å². The molecule has 150 valence electrons. The van der Waals surface area contributed by atoms with Gasteiger partial charge < -0.3 is 14.6 Å². The molecule has 1 aromatic heterocycles. The van der Waals surface area contributed by atoms with Gasteiger partial charge in [-0.2, -0.15) is 0 Å². The number of anilines is 2. The fourth-order valence-corrected chi connectivity index (χ4v) is 3.38. The lowest BCUT2D eigenvalue weighted by molar-refractivity contribution is 0.103. The Morgan fingerprint density at radius 2 is 1.60 bits per heavy atom. The van der Waals surface area contributed by atoms with Crippen LogP contribution in [-0.4, -0.2) is 19.9 Å². The van der Waals surface area contributed by atoms with Crippen molar-refractivity contribution in [3.63, 3.8) is 0 Å². The molecule has 30 heavy (non-hydrogen) atoms. The smallest absolute Gasteiger partial charge is 0.349 e. The van der Waals surface area contributed by atoms with Crippen molar-refractivity contribution in [2.24, 2.45) is 0 Å². The van der Waals surface area contributed by atoms with E-state index in [1.54, 1.807) is 30.3 Å². The maximum Gasteiger partial charge on any atom is 0.349 e. The zero-order chi connectivity index (χ0) is 21.1. The van der Waals surface area contributed by atoms with E-state index in [0.717, 1.165) is 11.3 Å². The molecule has 5 nitrogen and oxygen atoms in total. The summed E-state index contributed by atoms with van der Waals surface area (Å²) in [4.78, 5) is 28.1. The van der Waals surface area contributed by atoms with Gasteiger partial charge in [0.2, 0.25) is 5.78 Å². The van der Waals surface area contributed by atoms with Crippen molar-refractivity contribution in [2.45, 2.75) is 6.54 Å². The van der Waals surface area contributed by atoms with Crippen molar-refractivity contribution in [3.05, 3.63) is 106 Å². The zero-order valence-electron chi connectivity index (χ0n) is 16.9. The van der Waals surface area contributed by atoms with Gasteiger partial charge in [0.15, 0.2) is 0 Å². The molecule has 3 aromatic carbocycles. The molecular weight excluding hydrogens is 376 g/mol. The Balaban J connectivity index is 1.88. The van der Waals surface area contributed by atoms with Crippen LogP contribution in [0.2, 0.25) is 0 Å². The standard InChI is InChI=1S/C25H22N2O3/c1-27(2)19-13-14-20-21(15-19)30-25(29)22(24(28)18-11-7-4-8-12-18)23(20)26-16-17-9-5-3-6-10-17/h3-15,26H,16H2,1-2H3. The van der Waals surface area contributed by atoms with Gasteiger partial charge in [-0.25, -0.2) is 4.79 Å². The number of carbonyl (C=O) groups is 1. The van der Waals surface area contributed by atoms with Crippen LogP contribution < -0.4 is 15.8 Å². The number of ketones is 1. The average Bonchev–Trinajstić information content (AvgIpc) is 2.77. The number of carbonyl (C=O) groups excluding carboxylic acids is 1. The summed E-state index contributed by atoms with van der Waals surface area (Å²) in [5, 5.41) is 4.01. The van der Waals surface area contributed by atoms with Gasteiger partial charge in [-0.15, -0.1) is 0 Å². The first-order valence-electron chi connectivity index (χ1n) is 9.70. The van der Waals surface area contributed by atoms with E-state index >= 15 is 0 Å². The maximum atomic E-state index is 13.2. The summed E-state index contributed by atoms with van der Waals surface area (Å²) in [6.07, 6.45) is 0. The van der Waals surface area contributed by atoms with Crippen molar-refractivity contribution in [1.29, 1.82) is 0 Å². The monoisotopic (exact) mass is 398 g/mol. The highest BCUT2D eigenvalue weighted by atomic mass is 16.4. The lowest BCUT2D eigenvalue weighted by Gasteiger charge is -2.16. The Kier molecular flexibility index (Phi) is 5.35. The third-order valence-electron chi connectivity index (χ3n) is 4.98. The highest BCUT2D eigenvalue weighted by Gasteiger charge is 2.22. The summed E-state index contributed by atoms with van der Waals surface area (Å²) < 4.78 is 5.58. The van der Waals surface area contributed by atoms with Crippen LogP contribution in [0.1, 0.15) is 21.5 Å². The second-order valence-corrected chi connectivity index (χ2v) is 7.25. The summed E-state index contributed by atoms with van der Waals surface area (Å²) in [6, 6.07) is 24.2. The summed E-state index contributed by atoms with van der Waals surface area (Å²) in [7, 11) is 3.84. The fraction of sp³-hybridized carbons (Fsp3) is 0.120. The molecule has 1 N–H and O–H groups in total. The van der Waals surface area contributed by atoms with E-state index in [-0.39, 0.29) is 11.3 Å². The number of benzene rings is 3. The predicted octanol–water partition coefficient (Wildman–Crippen LogP) is 4.70. The van der Waals surface area contributed by atoms with Gasteiger partial charge in [0.05, 0.1) is 5.69 Å². The molecule has 1 heterocycles. The van der Waals surface area contributed by atoms with Crippen LogP contribution in [0.3, 0.4) is 0 Å². The number of nitrogens with one attached hydrogen (secondary N) is 1. The number of hydrogen-bond acceptors (Lipinski definition) is 5. The molecule has 0 spiro atoms. The first kappa shape index (κ1) is 19.5. The second kappa shape index (κ2) is 8.25. The van der Waals surface area contributed by atoms with Crippen LogP contribution in [0.25, 0.3) is 11.0 Å². The summed E-state index contributed by atoms with van der Waals surface area (Å²) in [5.41, 5.74) is 2.68. The molecule has 0 radical (unpaired) electrons. The minimum absolute atomic E-state index is 0.0160. The van der Waals surface area contributed by atoms with E-state index in [4.69, 9.17) is 4.42 Å². The van der Waals surface area contributed by atoms with Crippen LogP contribution in [-0.2, 0) is 6.54 Å². The van der Waals surface area contributed by atoms with E-state index in [0.29, 0.717) is 28.8 Å². The topological polar surface area (TPSA) is 62.6 Å². The Hall–Kier alpha value is -3.86. The van der Waals surface area contributed by atoms with Crippen LogP contribution in [0.5, 0.6) is 0 Å². The van der Waals surface area contributed by atoms with Gasteiger partial charge in [0, 0.05) is 43.3 Å². The lowest BCUT2D eigenvalue weighted by Crippen LogP contribution is -2.19. The largest absolute Gasteiger partial charge is 0.422 e. The van der Waals surface area contributed by atoms with E-state index in [2.05, 4.69) is 5.32 Å². The summed E-state index contributed by atoms with van der Waals surface area (Å²) >= 11 is 0. The number of fused-ring (bicyclic) bond motifs is 1. The van der Waals surface area contributed by atoms with E-state index in [1.165, 1.54) is 0 Å². The van der Waals surface area contributed by atoms with Crippen molar-refractivity contribution in [2.75, 3.05) is 24.3 Å². The molecule has 0 saturated carbocycles.